The van der Waals surface area contributed by atoms with E-state index in [0.717, 1.165) is 32.2 Å². The Morgan fingerprint density at radius 3 is 2.62 bits per heavy atom. The van der Waals surface area contributed by atoms with Crippen molar-refractivity contribution in [2.75, 3.05) is 33.4 Å². The van der Waals surface area contributed by atoms with Gasteiger partial charge >= 0.3 is 0 Å². The smallest absolute Gasteiger partial charge is 0.222 e. The highest BCUT2D eigenvalue weighted by Crippen LogP contribution is 2.00. The molecule has 0 fully saturated rings. The van der Waals surface area contributed by atoms with Crippen LogP contribution in [0.15, 0.2) is 0 Å². The lowest BCUT2D eigenvalue weighted by molar-refractivity contribution is -0.130. The van der Waals surface area contributed by atoms with Gasteiger partial charge in [0.25, 0.3) is 0 Å². The second-order valence-electron chi connectivity index (χ2n) is 3.90. The lowest BCUT2D eigenvalue weighted by atomic mass is 10.2. The van der Waals surface area contributed by atoms with Crippen molar-refractivity contribution >= 4 is 5.91 Å². The maximum absolute atomic E-state index is 11.6. The maximum atomic E-state index is 11.6. The van der Waals surface area contributed by atoms with Crippen LogP contribution in [0.2, 0.25) is 0 Å². The Morgan fingerprint density at radius 2 is 2.00 bits per heavy atom. The van der Waals surface area contributed by atoms with E-state index in [9.17, 15) is 4.79 Å². The standard InChI is InChI=1S/C12H25NO3/c1-3-16-11-7-8-12(15)13(2)9-5-4-6-10-14/h14H,3-11H2,1-2H3. The van der Waals surface area contributed by atoms with Crippen LogP contribution in [0.25, 0.3) is 0 Å². The van der Waals surface area contributed by atoms with E-state index in [2.05, 4.69) is 0 Å². The van der Waals surface area contributed by atoms with Crippen LogP contribution in [0, 0.1) is 0 Å². The fourth-order valence-corrected chi connectivity index (χ4v) is 1.42. The van der Waals surface area contributed by atoms with Crippen LogP contribution in [-0.4, -0.2) is 49.3 Å². The van der Waals surface area contributed by atoms with Gasteiger partial charge in [-0.1, -0.05) is 0 Å². The molecule has 96 valence electrons. The van der Waals surface area contributed by atoms with Gasteiger partial charge in [-0.05, 0) is 32.6 Å². The Morgan fingerprint density at radius 1 is 1.25 bits per heavy atom. The highest BCUT2D eigenvalue weighted by atomic mass is 16.5. The number of carbonyl (C=O) groups is 1. The van der Waals surface area contributed by atoms with E-state index in [0.29, 0.717) is 19.6 Å². The molecule has 1 amide bonds. The molecule has 0 bridgehead atoms. The van der Waals surface area contributed by atoms with Crippen LogP contribution < -0.4 is 0 Å². The molecule has 0 rings (SSSR count). The van der Waals surface area contributed by atoms with Crippen LogP contribution in [0.5, 0.6) is 0 Å². The molecule has 0 spiro atoms. The zero-order valence-corrected chi connectivity index (χ0v) is 10.6. The molecule has 1 N–H and O–H groups in total. The number of unbranched alkanes of at least 4 members (excludes halogenated alkanes) is 2. The number of aliphatic hydroxyl groups is 1. The highest BCUT2D eigenvalue weighted by molar-refractivity contribution is 5.75. The minimum atomic E-state index is 0.184. The third-order valence-electron chi connectivity index (χ3n) is 2.46. The van der Waals surface area contributed by atoms with Crippen molar-refractivity contribution in [3.8, 4) is 0 Å². The second-order valence-corrected chi connectivity index (χ2v) is 3.90. The van der Waals surface area contributed by atoms with Gasteiger partial charge in [0.2, 0.25) is 5.91 Å². The fraction of sp³-hybridized carbons (Fsp3) is 0.917. The first-order chi connectivity index (χ1) is 7.72. The van der Waals surface area contributed by atoms with Gasteiger partial charge in [-0.15, -0.1) is 0 Å². The van der Waals surface area contributed by atoms with Gasteiger partial charge in [0.15, 0.2) is 0 Å². The second kappa shape index (κ2) is 10.9. The molecule has 0 aliphatic heterocycles. The van der Waals surface area contributed by atoms with E-state index in [1.54, 1.807) is 4.90 Å². The van der Waals surface area contributed by atoms with Gasteiger partial charge in [0.05, 0.1) is 0 Å². The third-order valence-corrected chi connectivity index (χ3v) is 2.46. The Bertz CT molecular complexity index is 174. The zero-order chi connectivity index (χ0) is 12.2. The molecule has 16 heavy (non-hydrogen) atoms. The quantitative estimate of drug-likeness (QED) is 0.579. The fourth-order valence-electron chi connectivity index (χ4n) is 1.42. The molecule has 0 aliphatic carbocycles. The Labute approximate surface area is 98.6 Å². The lowest BCUT2D eigenvalue weighted by Gasteiger charge is -2.16. The normalized spacial score (nSPS) is 10.4. The summed E-state index contributed by atoms with van der Waals surface area (Å²) in [6.07, 6.45) is 4.14. The number of nitrogens with zero attached hydrogens (tertiary/aromatic N) is 1. The van der Waals surface area contributed by atoms with Crippen LogP contribution in [0.3, 0.4) is 0 Å². The van der Waals surface area contributed by atoms with Gasteiger partial charge in [-0.3, -0.25) is 4.79 Å². The summed E-state index contributed by atoms with van der Waals surface area (Å²) in [7, 11) is 1.84. The predicted molar refractivity (Wildman–Crippen MR) is 64.3 cm³/mol. The van der Waals surface area contributed by atoms with E-state index in [1.165, 1.54) is 0 Å². The average Bonchev–Trinajstić information content (AvgIpc) is 2.29. The van der Waals surface area contributed by atoms with Gasteiger partial charge in [-0.25, -0.2) is 0 Å². The number of carbonyl (C=O) groups excluding carboxylic acids is 1. The lowest BCUT2D eigenvalue weighted by Crippen LogP contribution is -2.27. The summed E-state index contributed by atoms with van der Waals surface area (Å²) in [5.74, 6) is 0.184. The molecule has 0 atom stereocenters. The van der Waals surface area contributed by atoms with E-state index < -0.39 is 0 Å². The van der Waals surface area contributed by atoms with Gasteiger partial charge in [-0.2, -0.15) is 0 Å². The molecule has 0 aromatic heterocycles. The highest BCUT2D eigenvalue weighted by Gasteiger charge is 2.07. The molecule has 0 saturated carbocycles. The van der Waals surface area contributed by atoms with Crippen molar-refractivity contribution in [2.24, 2.45) is 0 Å². The molecule has 4 nitrogen and oxygen atoms in total. The van der Waals surface area contributed by atoms with Crippen LogP contribution in [0.4, 0.5) is 0 Å². The molecule has 0 unspecified atom stereocenters. The molecule has 0 heterocycles. The number of amides is 1. The Balaban J connectivity index is 3.42. The van der Waals surface area contributed by atoms with Gasteiger partial charge in [0, 0.05) is 39.8 Å². The molecule has 0 aromatic rings. The average molecular weight is 231 g/mol. The van der Waals surface area contributed by atoms with Crippen LogP contribution in [0.1, 0.15) is 39.0 Å². The maximum Gasteiger partial charge on any atom is 0.222 e. The summed E-state index contributed by atoms with van der Waals surface area (Å²) >= 11 is 0. The zero-order valence-electron chi connectivity index (χ0n) is 10.6. The van der Waals surface area contributed by atoms with E-state index >= 15 is 0 Å². The van der Waals surface area contributed by atoms with Crippen molar-refractivity contribution in [1.29, 1.82) is 0 Å². The summed E-state index contributed by atoms with van der Waals surface area (Å²) in [4.78, 5) is 13.4. The van der Waals surface area contributed by atoms with Crippen molar-refractivity contribution in [3.05, 3.63) is 0 Å². The van der Waals surface area contributed by atoms with E-state index in [4.69, 9.17) is 9.84 Å². The first kappa shape index (κ1) is 15.4. The van der Waals surface area contributed by atoms with Crippen molar-refractivity contribution in [1.82, 2.24) is 4.90 Å². The first-order valence-corrected chi connectivity index (χ1v) is 6.15. The van der Waals surface area contributed by atoms with Gasteiger partial charge < -0.3 is 14.7 Å². The largest absolute Gasteiger partial charge is 0.396 e. The summed E-state index contributed by atoms with van der Waals surface area (Å²) in [6, 6.07) is 0. The molecule has 0 aliphatic rings. The summed E-state index contributed by atoms with van der Waals surface area (Å²) in [6.45, 7) is 4.36. The summed E-state index contributed by atoms with van der Waals surface area (Å²) in [5.41, 5.74) is 0. The first-order valence-electron chi connectivity index (χ1n) is 6.15. The van der Waals surface area contributed by atoms with Gasteiger partial charge in [0.1, 0.15) is 0 Å². The van der Waals surface area contributed by atoms with Crippen molar-refractivity contribution in [3.63, 3.8) is 0 Å². The molecule has 0 aromatic carbocycles. The number of aliphatic hydroxyl groups excluding tert-OH is 1. The minimum absolute atomic E-state index is 0.184. The summed E-state index contributed by atoms with van der Waals surface area (Å²) in [5, 5.41) is 8.61. The molecular formula is C12H25NO3. The summed E-state index contributed by atoms with van der Waals surface area (Å²) < 4.78 is 5.18. The predicted octanol–water partition coefficient (Wildman–Crippen LogP) is 1.42. The molecule has 4 heteroatoms. The number of ether oxygens (including phenoxy) is 1. The van der Waals surface area contributed by atoms with Crippen molar-refractivity contribution < 1.29 is 14.6 Å². The van der Waals surface area contributed by atoms with Crippen molar-refractivity contribution in [2.45, 2.75) is 39.0 Å². The SMILES string of the molecule is CCOCCCC(=O)N(C)CCCCCO. The molecule has 0 saturated heterocycles. The van der Waals surface area contributed by atoms with E-state index in [-0.39, 0.29) is 12.5 Å². The topological polar surface area (TPSA) is 49.8 Å². The monoisotopic (exact) mass is 231 g/mol. The third kappa shape index (κ3) is 8.68. The van der Waals surface area contributed by atoms with E-state index in [1.807, 2.05) is 14.0 Å². The minimum Gasteiger partial charge on any atom is -0.396 e. The van der Waals surface area contributed by atoms with Crippen LogP contribution >= 0.6 is 0 Å². The number of rotatable bonds is 10. The number of hydrogen-bond donors (Lipinski definition) is 1. The number of hydrogen-bond acceptors (Lipinski definition) is 3. The Hall–Kier alpha value is -0.610. The molecular weight excluding hydrogens is 206 g/mol. The molecule has 0 radical (unpaired) electrons. The van der Waals surface area contributed by atoms with Crippen LogP contribution in [-0.2, 0) is 9.53 Å². The Kier molecular flexibility index (Phi) is 10.5.